The summed E-state index contributed by atoms with van der Waals surface area (Å²) in [6.07, 6.45) is 19.1. The summed E-state index contributed by atoms with van der Waals surface area (Å²) in [4.78, 5) is 0. The summed E-state index contributed by atoms with van der Waals surface area (Å²) in [6.45, 7) is 4.67. The number of allylic oxidation sites excluding steroid dienone is 4. The van der Waals surface area contributed by atoms with Gasteiger partial charge >= 0.3 is 0 Å². The zero-order valence-electron chi connectivity index (χ0n) is 16.7. The van der Waals surface area contributed by atoms with Crippen molar-refractivity contribution < 1.29 is 0 Å². The smallest absolute Gasteiger partial charge is 0.00431 e. The van der Waals surface area contributed by atoms with Crippen molar-refractivity contribution in [3.63, 3.8) is 0 Å². The largest absolute Gasteiger partial charge is 0.317 e. The number of rotatable bonds is 9. The molecular weight excluding hydrogens is 314 g/mol. The van der Waals surface area contributed by atoms with E-state index in [0.29, 0.717) is 0 Å². The van der Waals surface area contributed by atoms with Gasteiger partial charge in [-0.3, -0.25) is 0 Å². The summed E-state index contributed by atoms with van der Waals surface area (Å²) < 4.78 is 0. The minimum atomic E-state index is 0.779. The lowest BCUT2D eigenvalue weighted by molar-refractivity contribution is 0.460. The van der Waals surface area contributed by atoms with Crippen LogP contribution in [0.4, 0.5) is 0 Å². The molecule has 1 aromatic rings. The van der Waals surface area contributed by atoms with E-state index >= 15 is 0 Å². The predicted molar refractivity (Wildman–Crippen MR) is 114 cm³/mol. The highest BCUT2D eigenvalue weighted by Gasteiger charge is 2.14. The fourth-order valence-electron chi connectivity index (χ4n) is 4.54. The molecule has 0 radical (unpaired) electrons. The van der Waals surface area contributed by atoms with E-state index in [4.69, 9.17) is 0 Å². The first kappa shape index (κ1) is 19.4. The molecule has 1 heteroatoms. The molecular formula is C25H37N. The molecule has 1 nitrogen and oxygen atoms in total. The van der Waals surface area contributed by atoms with Gasteiger partial charge in [0.25, 0.3) is 0 Å². The topological polar surface area (TPSA) is 12.0 Å². The maximum atomic E-state index is 3.46. The molecule has 1 fully saturated rings. The molecule has 1 aromatic carbocycles. The average molecular weight is 352 g/mol. The number of benzene rings is 1. The molecule has 2 aliphatic rings. The summed E-state index contributed by atoms with van der Waals surface area (Å²) in [5.74, 6) is 0.779. The minimum absolute atomic E-state index is 0.779. The fraction of sp³-hybridized carbons (Fsp3) is 0.600. The summed E-state index contributed by atoms with van der Waals surface area (Å²) in [7, 11) is 0. The second-order valence-electron chi connectivity index (χ2n) is 8.10. The highest BCUT2D eigenvalue weighted by molar-refractivity contribution is 5.29. The molecule has 0 spiro atoms. The molecule has 1 aliphatic carbocycles. The first-order chi connectivity index (χ1) is 12.9. The van der Waals surface area contributed by atoms with Crippen LogP contribution < -0.4 is 5.32 Å². The summed E-state index contributed by atoms with van der Waals surface area (Å²) in [5, 5.41) is 3.46. The van der Waals surface area contributed by atoms with Crippen molar-refractivity contribution in [3.8, 4) is 0 Å². The number of aryl methyl sites for hydroxylation is 1. The molecule has 3 rings (SSSR count). The van der Waals surface area contributed by atoms with Crippen LogP contribution in [0.1, 0.15) is 88.2 Å². The second-order valence-corrected chi connectivity index (χ2v) is 8.10. The number of hydrogen-bond acceptors (Lipinski definition) is 1. The van der Waals surface area contributed by atoms with Gasteiger partial charge < -0.3 is 5.32 Å². The minimum Gasteiger partial charge on any atom is -0.317 e. The van der Waals surface area contributed by atoms with Crippen LogP contribution in [0.5, 0.6) is 0 Å². The van der Waals surface area contributed by atoms with Gasteiger partial charge in [0.15, 0.2) is 0 Å². The number of piperidine rings is 1. The van der Waals surface area contributed by atoms with Crippen LogP contribution in [0, 0.1) is 0 Å². The molecule has 142 valence electrons. The van der Waals surface area contributed by atoms with Crippen molar-refractivity contribution in [2.45, 2.75) is 83.5 Å². The summed E-state index contributed by atoms with van der Waals surface area (Å²) in [5.41, 5.74) is 6.43. The van der Waals surface area contributed by atoms with E-state index in [1.807, 2.05) is 0 Å². The van der Waals surface area contributed by atoms with Gasteiger partial charge in [0, 0.05) is 0 Å². The Hall–Kier alpha value is -1.34. The molecule has 1 heterocycles. The Morgan fingerprint density at radius 2 is 1.65 bits per heavy atom. The molecule has 1 N–H and O–H groups in total. The zero-order chi connectivity index (χ0) is 18.0. The van der Waals surface area contributed by atoms with Crippen molar-refractivity contribution in [2.75, 3.05) is 13.1 Å². The van der Waals surface area contributed by atoms with E-state index in [2.05, 4.69) is 48.7 Å². The van der Waals surface area contributed by atoms with Crippen LogP contribution in [0.15, 0.2) is 47.6 Å². The van der Waals surface area contributed by atoms with Crippen molar-refractivity contribution in [3.05, 3.63) is 58.7 Å². The van der Waals surface area contributed by atoms with E-state index in [-0.39, 0.29) is 0 Å². The van der Waals surface area contributed by atoms with E-state index in [1.54, 1.807) is 16.7 Å². The Labute approximate surface area is 161 Å². The Morgan fingerprint density at radius 3 is 2.38 bits per heavy atom. The monoisotopic (exact) mass is 351 g/mol. The molecule has 1 saturated heterocycles. The highest BCUT2D eigenvalue weighted by atomic mass is 14.9. The van der Waals surface area contributed by atoms with Crippen LogP contribution in [-0.4, -0.2) is 13.1 Å². The molecule has 0 bridgehead atoms. The Morgan fingerprint density at radius 1 is 0.923 bits per heavy atom. The maximum Gasteiger partial charge on any atom is -0.00431 e. The molecule has 1 aliphatic heterocycles. The van der Waals surface area contributed by atoms with Crippen molar-refractivity contribution in [1.82, 2.24) is 5.32 Å². The van der Waals surface area contributed by atoms with Crippen LogP contribution in [0.3, 0.4) is 0 Å². The average Bonchev–Trinajstić information content (AvgIpc) is 2.72. The maximum absolute atomic E-state index is 3.46. The fourth-order valence-corrected chi connectivity index (χ4v) is 4.54. The SMILES string of the molecule is CCC1=C(CCCCCCc2ccc(C3CCNCC3)cc2)C=CCC1. The van der Waals surface area contributed by atoms with Crippen molar-refractivity contribution in [2.24, 2.45) is 0 Å². The van der Waals surface area contributed by atoms with Gasteiger partial charge in [-0.2, -0.15) is 0 Å². The van der Waals surface area contributed by atoms with Gasteiger partial charge in [0.05, 0.1) is 0 Å². The molecule has 26 heavy (non-hydrogen) atoms. The zero-order valence-corrected chi connectivity index (χ0v) is 16.7. The molecule has 0 aromatic heterocycles. The molecule has 0 amide bonds. The van der Waals surface area contributed by atoms with Crippen LogP contribution >= 0.6 is 0 Å². The van der Waals surface area contributed by atoms with E-state index in [1.165, 1.54) is 89.3 Å². The Bertz CT molecular complexity index is 587. The molecule has 0 unspecified atom stereocenters. The van der Waals surface area contributed by atoms with Gasteiger partial charge in [-0.15, -0.1) is 0 Å². The summed E-state index contributed by atoms with van der Waals surface area (Å²) >= 11 is 0. The quantitative estimate of drug-likeness (QED) is 0.488. The lowest BCUT2D eigenvalue weighted by Gasteiger charge is -2.23. The van der Waals surface area contributed by atoms with Crippen LogP contribution in [-0.2, 0) is 6.42 Å². The number of hydrogen-bond donors (Lipinski definition) is 1. The Kier molecular flexibility index (Phi) is 8.01. The first-order valence-corrected chi connectivity index (χ1v) is 11.0. The first-order valence-electron chi connectivity index (χ1n) is 11.0. The lowest BCUT2D eigenvalue weighted by Crippen LogP contribution is -2.26. The van der Waals surface area contributed by atoms with E-state index < -0.39 is 0 Å². The van der Waals surface area contributed by atoms with Gasteiger partial charge in [-0.05, 0) is 93.5 Å². The molecule has 0 atom stereocenters. The van der Waals surface area contributed by atoms with Gasteiger partial charge in [0.1, 0.15) is 0 Å². The van der Waals surface area contributed by atoms with Crippen molar-refractivity contribution >= 4 is 0 Å². The molecule has 0 saturated carbocycles. The highest BCUT2D eigenvalue weighted by Crippen LogP contribution is 2.27. The van der Waals surface area contributed by atoms with E-state index in [0.717, 1.165) is 5.92 Å². The predicted octanol–water partition coefficient (Wildman–Crippen LogP) is 6.70. The third kappa shape index (κ3) is 5.84. The number of unbranched alkanes of at least 4 members (excludes halogenated alkanes) is 3. The normalized spacial score (nSPS) is 18.5. The van der Waals surface area contributed by atoms with Crippen molar-refractivity contribution in [1.29, 1.82) is 0 Å². The second kappa shape index (κ2) is 10.7. The lowest BCUT2D eigenvalue weighted by atomic mass is 9.89. The van der Waals surface area contributed by atoms with Gasteiger partial charge in [0.2, 0.25) is 0 Å². The van der Waals surface area contributed by atoms with Crippen LogP contribution in [0.2, 0.25) is 0 Å². The Balaban J connectivity index is 1.32. The van der Waals surface area contributed by atoms with Crippen LogP contribution in [0.25, 0.3) is 0 Å². The third-order valence-corrected chi connectivity index (χ3v) is 6.26. The summed E-state index contributed by atoms with van der Waals surface area (Å²) in [6, 6.07) is 9.53. The van der Waals surface area contributed by atoms with E-state index in [9.17, 15) is 0 Å². The number of nitrogens with one attached hydrogen (secondary N) is 1. The van der Waals surface area contributed by atoms with Gasteiger partial charge in [-0.1, -0.05) is 61.8 Å². The van der Waals surface area contributed by atoms with Gasteiger partial charge in [-0.25, -0.2) is 0 Å². The standard InChI is InChI=1S/C25H37N/c1-2-22-10-7-8-12-23(22)11-6-4-3-5-9-21-13-15-24(16-14-21)25-17-19-26-20-18-25/h8,12-16,25-26H,2-7,9-11,17-20H2,1H3. The third-order valence-electron chi connectivity index (χ3n) is 6.26.